The largest absolute Gasteiger partial charge is 0.395 e. The molecule has 0 fully saturated rings. The SMILES string of the molecule is CSC(CO)C(C)NC(=O)NC(C)c1ccc(F)cc1Cl. The Kier molecular flexibility index (Phi) is 7.28. The smallest absolute Gasteiger partial charge is 0.315 e. The van der Waals surface area contributed by atoms with E-state index in [0.717, 1.165) is 0 Å². The van der Waals surface area contributed by atoms with E-state index in [1.165, 1.54) is 23.9 Å². The first kappa shape index (κ1) is 18.1. The van der Waals surface area contributed by atoms with E-state index >= 15 is 0 Å². The van der Waals surface area contributed by atoms with Gasteiger partial charge >= 0.3 is 6.03 Å². The number of rotatable bonds is 6. The van der Waals surface area contributed by atoms with E-state index in [2.05, 4.69) is 10.6 Å². The van der Waals surface area contributed by atoms with Crippen molar-refractivity contribution >= 4 is 29.4 Å². The van der Waals surface area contributed by atoms with Crippen LogP contribution in [0.4, 0.5) is 9.18 Å². The lowest BCUT2D eigenvalue weighted by Gasteiger charge is -2.23. The second kappa shape index (κ2) is 8.46. The Morgan fingerprint density at radius 1 is 1.43 bits per heavy atom. The normalized spacial score (nSPS) is 15.1. The second-order valence-electron chi connectivity index (χ2n) is 4.75. The lowest BCUT2D eigenvalue weighted by Crippen LogP contribution is -2.46. The summed E-state index contributed by atoms with van der Waals surface area (Å²) in [5.41, 5.74) is 0.643. The van der Waals surface area contributed by atoms with Crippen molar-refractivity contribution < 1.29 is 14.3 Å². The molecule has 0 aliphatic rings. The number of benzene rings is 1. The summed E-state index contributed by atoms with van der Waals surface area (Å²) in [4.78, 5) is 11.9. The topological polar surface area (TPSA) is 61.4 Å². The molecule has 3 N–H and O–H groups in total. The van der Waals surface area contributed by atoms with Crippen molar-refractivity contribution in [3.8, 4) is 0 Å². The molecule has 4 nitrogen and oxygen atoms in total. The third-order valence-corrected chi connectivity index (χ3v) is 4.67. The van der Waals surface area contributed by atoms with Gasteiger partial charge in [0, 0.05) is 16.3 Å². The number of amides is 2. The molecule has 0 aromatic heterocycles. The third kappa shape index (κ3) is 5.37. The number of urea groups is 1. The number of halogens is 2. The molecule has 0 aliphatic carbocycles. The first-order valence-electron chi connectivity index (χ1n) is 6.54. The standard InChI is InChI=1S/C14H20ClFN2O2S/c1-8(11-5-4-10(16)6-12(11)15)17-14(20)18-9(2)13(7-19)21-3/h4-6,8-9,13,19H,7H2,1-3H3,(H2,17,18,20). The Morgan fingerprint density at radius 2 is 2.10 bits per heavy atom. The monoisotopic (exact) mass is 334 g/mol. The zero-order valence-corrected chi connectivity index (χ0v) is 13.8. The lowest BCUT2D eigenvalue weighted by molar-refractivity contribution is 0.230. The van der Waals surface area contributed by atoms with E-state index in [-0.39, 0.29) is 35.0 Å². The van der Waals surface area contributed by atoms with Gasteiger partial charge in [-0.05, 0) is 37.8 Å². The molecule has 0 aliphatic heterocycles. The number of hydrogen-bond acceptors (Lipinski definition) is 3. The molecule has 118 valence electrons. The minimum absolute atomic E-state index is 0.0119. The first-order valence-corrected chi connectivity index (χ1v) is 8.21. The van der Waals surface area contributed by atoms with Gasteiger partial charge < -0.3 is 15.7 Å². The van der Waals surface area contributed by atoms with Crippen molar-refractivity contribution in [3.63, 3.8) is 0 Å². The van der Waals surface area contributed by atoms with Gasteiger partial charge in [0.1, 0.15) is 5.82 Å². The van der Waals surface area contributed by atoms with E-state index in [1.54, 1.807) is 13.0 Å². The number of thioether (sulfide) groups is 1. The minimum Gasteiger partial charge on any atom is -0.395 e. The van der Waals surface area contributed by atoms with Crippen LogP contribution < -0.4 is 10.6 Å². The average molecular weight is 335 g/mol. The highest BCUT2D eigenvalue weighted by Crippen LogP contribution is 2.23. The van der Waals surface area contributed by atoms with Gasteiger partial charge in [0.2, 0.25) is 0 Å². The molecular weight excluding hydrogens is 315 g/mol. The van der Waals surface area contributed by atoms with Crippen LogP contribution in [0.15, 0.2) is 18.2 Å². The molecule has 21 heavy (non-hydrogen) atoms. The fraction of sp³-hybridized carbons (Fsp3) is 0.500. The molecular formula is C14H20ClFN2O2S. The molecule has 7 heteroatoms. The van der Waals surface area contributed by atoms with E-state index in [9.17, 15) is 14.3 Å². The fourth-order valence-electron chi connectivity index (χ4n) is 1.91. The van der Waals surface area contributed by atoms with Crippen LogP contribution in [-0.2, 0) is 0 Å². The van der Waals surface area contributed by atoms with Gasteiger partial charge in [0.05, 0.1) is 12.6 Å². The maximum atomic E-state index is 13.0. The molecule has 0 heterocycles. The van der Waals surface area contributed by atoms with Crippen LogP contribution in [0, 0.1) is 5.82 Å². The number of aliphatic hydroxyl groups is 1. The Balaban J connectivity index is 2.61. The van der Waals surface area contributed by atoms with Gasteiger partial charge in [-0.2, -0.15) is 11.8 Å². The third-order valence-electron chi connectivity index (χ3n) is 3.18. The minimum atomic E-state index is -0.417. The molecule has 1 aromatic rings. The van der Waals surface area contributed by atoms with E-state index in [1.807, 2.05) is 13.2 Å². The quantitative estimate of drug-likeness (QED) is 0.749. The summed E-state index contributed by atoms with van der Waals surface area (Å²) in [5.74, 6) is -0.417. The molecule has 0 bridgehead atoms. The zero-order valence-electron chi connectivity index (χ0n) is 12.2. The molecule has 0 radical (unpaired) electrons. The molecule has 1 aromatic carbocycles. The van der Waals surface area contributed by atoms with Crippen LogP contribution in [0.3, 0.4) is 0 Å². The van der Waals surface area contributed by atoms with Crippen molar-refractivity contribution in [1.29, 1.82) is 0 Å². The van der Waals surface area contributed by atoms with Crippen LogP contribution in [0.2, 0.25) is 5.02 Å². The maximum Gasteiger partial charge on any atom is 0.315 e. The molecule has 2 amide bonds. The molecule has 0 saturated carbocycles. The average Bonchev–Trinajstić information content (AvgIpc) is 2.39. The highest BCUT2D eigenvalue weighted by Gasteiger charge is 2.19. The van der Waals surface area contributed by atoms with E-state index in [4.69, 9.17) is 11.6 Å². The van der Waals surface area contributed by atoms with Crippen LogP contribution in [0.1, 0.15) is 25.5 Å². The molecule has 0 saturated heterocycles. The van der Waals surface area contributed by atoms with Crippen LogP contribution >= 0.6 is 23.4 Å². The van der Waals surface area contributed by atoms with Gasteiger partial charge in [0.25, 0.3) is 0 Å². The summed E-state index contributed by atoms with van der Waals surface area (Å²) in [6.07, 6.45) is 1.87. The maximum absolute atomic E-state index is 13.0. The number of nitrogens with one attached hydrogen (secondary N) is 2. The summed E-state index contributed by atoms with van der Waals surface area (Å²) >= 11 is 7.44. The first-order chi connectivity index (χ1) is 9.88. The lowest BCUT2D eigenvalue weighted by atomic mass is 10.1. The summed E-state index contributed by atoms with van der Waals surface area (Å²) in [7, 11) is 0. The van der Waals surface area contributed by atoms with Crippen LogP contribution in [0.5, 0.6) is 0 Å². The Labute approximate surface area is 133 Å². The summed E-state index contributed by atoms with van der Waals surface area (Å²) in [6, 6.07) is 3.17. The Hall–Kier alpha value is -0.980. The molecule has 3 unspecified atom stereocenters. The zero-order chi connectivity index (χ0) is 16.0. The predicted octanol–water partition coefficient (Wildman–Crippen LogP) is 2.95. The van der Waals surface area contributed by atoms with Crippen molar-refractivity contribution in [1.82, 2.24) is 10.6 Å². The number of carbonyl (C=O) groups is 1. The molecule has 0 spiro atoms. The Morgan fingerprint density at radius 3 is 2.62 bits per heavy atom. The van der Waals surface area contributed by atoms with Gasteiger partial charge in [-0.1, -0.05) is 17.7 Å². The van der Waals surface area contributed by atoms with Crippen LogP contribution in [-0.4, -0.2) is 35.3 Å². The number of aliphatic hydroxyl groups excluding tert-OH is 1. The highest BCUT2D eigenvalue weighted by molar-refractivity contribution is 7.99. The van der Waals surface area contributed by atoms with Crippen LogP contribution in [0.25, 0.3) is 0 Å². The van der Waals surface area contributed by atoms with E-state index in [0.29, 0.717) is 5.56 Å². The van der Waals surface area contributed by atoms with E-state index < -0.39 is 5.82 Å². The van der Waals surface area contributed by atoms with Crippen molar-refractivity contribution in [2.75, 3.05) is 12.9 Å². The summed E-state index contributed by atoms with van der Waals surface area (Å²) < 4.78 is 13.0. The summed E-state index contributed by atoms with van der Waals surface area (Å²) in [6.45, 7) is 3.58. The molecule has 1 rings (SSSR count). The predicted molar refractivity (Wildman–Crippen MR) is 85.3 cm³/mol. The van der Waals surface area contributed by atoms with Gasteiger partial charge in [-0.25, -0.2) is 9.18 Å². The van der Waals surface area contributed by atoms with Gasteiger partial charge in [0.15, 0.2) is 0 Å². The Bertz CT molecular complexity index is 486. The number of carbonyl (C=O) groups excluding carboxylic acids is 1. The number of hydrogen-bond donors (Lipinski definition) is 3. The summed E-state index contributed by atoms with van der Waals surface area (Å²) in [5, 5.41) is 14.9. The molecule has 3 atom stereocenters. The van der Waals surface area contributed by atoms with Gasteiger partial charge in [-0.15, -0.1) is 0 Å². The highest BCUT2D eigenvalue weighted by atomic mass is 35.5. The van der Waals surface area contributed by atoms with Crippen molar-refractivity contribution in [2.45, 2.75) is 31.2 Å². The second-order valence-corrected chi connectivity index (χ2v) is 6.23. The van der Waals surface area contributed by atoms with Crippen molar-refractivity contribution in [2.24, 2.45) is 0 Å². The van der Waals surface area contributed by atoms with Gasteiger partial charge in [-0.3, -0.25) is 0 Å². The van der Waals surface area contributed by atoms with Crippen molar-refractivity contribution in [3.05, 3.63) is 34.6 Å². The fourth-order valence-corrected chi connectivity index (χ4v) is 2.86.